The molecule has 0 saturated carbocycles. The molecule has 2 nitrogen and oxygen atoms in total. The molecule has 1 unspecified atom stereocenters. The standard InChI is InChI=1S/C12H18NO.F6P/c1-10-6-4-5-7-11(10)12-13(2,3)8-9-14-12;1-7(2,3,4,5)6/h4-7,12H,8-9H2,1-3H3;/q+1;-1. The van der Waals surface area contributed by atoms with Crippen molar-refractivity contribution in [1.82, 2.24) is 0 Å². The van der Waals surface area contributed by atoms with Crippen LogP contribution in [0.3, 0.4) is 0 Å². The number of aryl methyl sites for hydroxylation is 1. The van der Waals surface area contributed by atoms with Crippen LogP contribution in [0.4, 0.5) is 25.2 Å². The summed E-state index contributed by atoms with van der Waals surface area (Å²) >= 11 is 0. The number of halogens is 6. The third-order valence-electron chi connectivity index (χ3n) is 3.03. The minimum absolute atomic E-state index is 0.219. The van der Waals surface area contributed by atoms with Gasteiger partial charge in [0.25, 0.3) is 0 Å². The van der Waals surface area contributed by atoms with E-state index in [9.17, 15) is 25.2 Å². The molecule has 1 aliphatic heterocycles. The maximum atomic E-state index is 9.87. The van der Waals surface area contributed by atoms with Crippen LogP contribution >= 0.6 is 7.81 Å². The van der Waals surface area contributed by atoms with Crippen molar-refractivity contribution in [1.29, 1.82) is 0 Å². The number of hydrogen-bond acceptors (Lipinski definition) is 1. The van der Waals surface area contributed by atoms with Gasteiger partial charge in [0.05, 0.1) is 14.1 Å². The van der Waals surface area contributed by atoms with Gasteiger partial charge in [-0.2, -0.15) is 0 Å². The van der Waals surface area contributed by atoms with Gasteiger partial charge in [-0.1, -0.05) is 24.3 Å². The molecule has 1 atom stereocenters. The van der Waals surface area contributed by atoms with Crippen molar-refractivity contribution >= 4 is 7.81 Å². The summed E-state index contributed by atoms with van der Waals surface area (Å²) in [6.07, 6.45) is 0.219. The normalized spacial score (nSPS) is 24.5. The molecule has 0 amide bonds. The average Bonchev–Trinajstić information content (AvgIpc) is 2.54. The molecule has 1 fully saturated rings. The van der Waals surface area contributed by atoms with Crippen LogP contribution in [-0.2, 0) is 4.74 Å². The van der Waals surface area contributed by atoms with Gasteiger partial charge in [0.1, 0.15) is 13.2 Å². The zero-order valence-corrected chi connectivity index (χ0v) is 12.8. The van der Waals surface area contributed by atoms with E-state index in [0.717, 1.165) is 17.6 Å². The topological polar surface area (TPSA) is 9.23 Å². The Morgan fingerprint density at radius 2 is 1.52 bits per heavy atom. The predicted octanol–water partition coefficient (Wildman–Crippen LogP) is 5.48. The number of hydrogen-bond donors (Lipinski definition) is 0. The summed E-state index contributed by atoms with van der Waals surface area (Å²) in [4.78, 5) is 0. The van der Waals surface area contributed by atoms with Gasteiger partial charge >= 0.3 is 33.0 Å². The Morgan fingerprint density at radius 1 is 1.05 bits per heavy atom. The van der Waals surface area contributed by atoms with Gasteiger partial charge in [0.15, 0.2) is 0 Å². The summed E-state index contributed by atoms with van der Waals surface area (Å²) in [6, 6.07) is 8.49. The van der Waals surface area contributed by atoms with Crippen LogP contribution in [0.25, 0.3) is 0 Å². The first-order valence-corrected chi connectivity index (χ1v) is 8.15. The van der Waals surface area contributed by atoms with Crippen molar-refractivity contribution < 1.29 is 34.4 Å². The summed E-state index contributed by atoms with van der Waals surface area (Å²) in [5, 5.41) is 0. The molecular weight excluding hydrogens is 319 g/mol. The second kappa shape index (κ2) is 4.83. The van der Waals surface area contributed by atoms with Gasteiger partial charge in [0, 0.05) is 5.56 Å². The van der Waals surface area contributed by atoms with Crippen molar-refractivity contribution in [2.24, 2.45) is 0 Å². The fraction of sp³-hybridized carbons (Fsp3) is 0.500. The van der Waals surface area contributed by atoms with Crippen molar-refractivity contribution in [3.8, 4) is 0 Å². The molecule has 0 spiro atoms. The zero-order chi connectivity index (χ0) is 16.6. The molecule has 1 saturated heterocycles. The van der Waals surface area contributed by atoms with Crippen LogP contribution in [0.1, 0.15) is 17.4 Å². The van der Waals surface area contributed by atoms with Crippen LogP contribution in [0.15, 0.2) is 24.3 Å². The Kier molecular flexibility index (Phi) is 4.18. The maximum absolute atomic E-state index is 10.7. The Balaban J connectivity index is 0.000000270. The molecule has 1 aliphatic rings. The molecule has 0 aliphatic carbocycles. The first kappa shape index (κ1) is 18.2. The fourth-order valence-corrected chi connectivity index (χ4v) is 2.05. The quantitative estimate of drug-likeness (QED) is 0.374. The van der Waals surface area contributed by atoms with Gasteiger partial charge < -0.3 is 4.74 Å². The Morgan fingerprint density at radius 3 is 1.90 bits per heavy atom. The summed E-state index contributed by atoms with van der Waals surface area (Å²) in [5.41, 5.74) is 2.65. The number of quaternary nitrogens is 1. The van der Waals surface area contributed by atoms with Crippen molar-refractivity contribution in [3.63, 3.8) is 0 Å². The summed E-state index contributed by atoms with van der Waals surface area (Å²) < 4.78 is 65.9. The van der Waals surface area contributed by atoms with Gasteiger partial charge in [-0.3, -0.25) is 4.48 Å². The molecule has 0 bridgehead atoms. The van der Waals surface area contributed by atoms with Gasteiger partial charge in [-0.25, -0.2) is 0 Å². The molecule has 21 heavy (non-hydrogen) atoms. The summed E-state index contributed by atoms with van der Waals surface area (Å²) in [6.45, 7) is 4.11. The van der Waals surface area contributed by atoms with Gasteiger partial charge in [-0.05, 0) is 12.5 Å². The SMILES string of the molecule is Cc1ccccc1C1OCC[N+]1(C)C.F[P-](F)(F)(F)(F)F. The molecular formula is C12H18F6NOP. The third kappa shape index (κ3) is 7.64. The average molecular weight is 337 g/mol. The molecule has 2 rings (SSSR count). The van der Waals surface area contributed by atoms with Crippen LogP contribution in [0.5, 0.6) is 0 Å². The first-order chi connectivity index (χ1) is 9.06. The van der Waals surface area contributed by atoms with E-state index >= 15 is 0 Å². The molecule has 1 heterocycles. The molecule has 0 N–H and O–H groups in total. The van der Waals surface area contributed by atoms with Gasteiger partial charge in [0.2, 0.25) is 6.23 Å². The number of nitrogens with zero attached hydrogens (tertiary/aromatic N) is 1. The molecule has 1 aromatic carbocycles. The number of likely N-dealkylation sites (N-methyl/N-ethyl adjacent to an activating group) is 1. The number of benzene rings is 1. The van der Waals surface area contributed by atoms with E-state index in [1.807, 2.05) is 0 Å². The molecule has 0 aromatic heterocycles. The Hall–Kier alpha value is -0.850. The van der Waals surface area contributed by atoms with Crippen molar-refractivity contribution in [2.45, 2.75) is 13.2 Å². The van der Waals surface area contributed by atoms with E-state index in [4.69, 9.17) is 4.74 Å². The fourth-order valence-electron chi connectivity index (χ4n) is 2.05. The van der Waals surface area contributed by atoms with Crippen LogP contribution in [-0.4, -0.2) is 31.7 Å². The van der Waals surface area contributed by atoms with Crippen molar-refractivity contribution in [2.75, 3.05) is 27.2 Å². The van der Waals surface area contributed by atoms with Crippen molar-refractivity contribution in [3.05, 3.63) is 35.4 Å². The molecule has 124 valence electrons. The van der Waals surface area contributed by atoms with Gasteiger partial charge in [-0.15, -0.1) is 0 Å². The monoisotopic (exact) mass is 337 g/mol. The second-order valence-electron chi connectivity index (χ2n) is 5.54. The van der Waals surface area contributed by atoms with E-state index in [1.165, 1.54) is 11.1 Å². The molecule has 1 aromatic rings. The molecule has 9 heteroatoms. The third-order valence-corrected chi connectivity index (χ3v) is 3.03. The van der Waals surface area contributed by atoms with E-state index < -0.39 is 7.81 Å². The Bertz CT molecular complexity index is 502. The second-order valence-corrected chi connectivity index (χ2v) is 7.46. The van der Waals surface area contributed by atoms with Crippen LogP contribution in [0, 0.1) is 6.92 Å². The molecule has 0 radical (unpaired) electrons. The summed E-state index contributed by atoms with van der Waals surface area (Å²) in [5.74, 6) is 0. The van der Waals surface area contributed by atoms with E-state index in [0.29, 0.717) is 0 Å². The number of ether oxygens (including phenoxy) is 1. The zero-order valence-electron chi connectivity index (χ0n) is 11.9. The minimum atomic E-state index is -10.7. The first-order valence-electron chi connectivity index (χ1n) is 6.12. The van der Waals surface area contributed by atoms with E-state index in [1.54, 1.807) is 0 Å². The predicted molar refractivity (Wildman–Crippen MR) is 70.4 cm³/mol. The van der Waals surface area contributed by atoms with Crippen LogP contribution < -0.4 is 0 Å². The van der Waals surface area contributed by atoms with Crippen LogP contribution in [0.2, 0.25) is 0 Å². The number of rotatable bonds is 1. The summed E-state index contributed by atoms with van der Waals surface area (Å²) in [7, 11) is -6.20. The van der Waals surface area contributed by atoms with E-state index in [-0.39, 0.29) is 6.23 Å². The van der Waals surface area contributed by atoms with E-state index in [2.05, 4.69) is 45.3 Å². The Labute approximate surface area is 119 Å².